The molecule has 0 aliphatic rings. The molecular weight excluding hydrogens is 156 g/mol. The van der Waals surface area contributed by atoms with E-state index in [4.69, 9.17) is 0 Å². The van der Waals surface area contributed by atoms with E-state index in [1.165, 1.54) is 10.4 Å². The maximum absolute atomic E-state index is 10.9. The summed E-state index contributed by atoms with van der Waals surface area (Å²) < 4.78 is 0. The van der Waals surface area contributed by atoms with Crippen LogP contribution in [0.5, 0.6) is 0 Å². The zero-order valence-electron chi connectivity index (χ0n) is 7.10. The lowest BCUT2D eigenvalue weighted by Crippen LogP contribution is -1.84. The third-order valence-electron chi connectivity index (χ3n) is 1.75. The van der Waals surface area contributed by atoms with Crippen LogP contribution >= 0.6 is 11.3 Å². The van der Waals surface area contributed by atoms with Gasteiger partial charge in [0.05, 0.1) is 4.88 Å². The summed E-state index contributed by atoms with van der Waals surface area (Å²) in [4.78, 5) is 13.1. The van der Waals surface area contributed by atoms with E-state index >= 15 is 0 Å². The lowest BCUT2D eigenvalue weighted by Gasteiger charge is -1.87. The normalized spacial score (nSPS) is 10.1. The number of carbonyl (C=O) groups excluding carboxylic acids is 1. The zero-order chi connectivity index (χ0) is 8.43. The first kappa shape index (κ1) is 8.47. The van der Waals surface area contributed by atoms with Crippen molar-refractivity contribution in [2.75, 3.05) is 0 Å². The Hall–Kier alpha value is -0.630. The second-order valence-electron chi connectivity index (χ2n) is 2.60. The molecule has 1 heterocycles. The molecule has 1 nitrogen and oxygen atoms in total. The highest BCUT2D eigenvalue weighted by molar-refractivity contribution is 7.14. The van der Waals surface area contributed by atoms with Crippen LogP contribution in [-0.4, -0.2) is 5.78 Å². The molecule has 0 amide bonds. The lowest BCUT2D eigenvalue weighted by atomic mass is 10.2. The molecule has 0 aliphatic heterocycles. The van der Waals surface area contributed by atoms with Crippen molar-refractivity contribution in [3.8, 4) is 0 Å². The SMILES string of the molecule is CCc1cc(C(C)=O)sc1C. The molecule has 0 aliphatic carbocycles. The van der Waals surface area contributed by atoms with Crippen LogP contribution in [-0.2, 0) is 6.42 Å². The zero-order valence-corrected chi connectivity index (χ0v) is 7.92. The van der Waals surface area contributed by atoms with Crippen LogP contribution in [0.4, 0.5) is 0 Å². The Balaban J connectivity index is 3.05. The highest BCUT2D eigenvalue weighted by atomic mass is 32.1. The van der Waals surface area contributed by atoms with Gasteiger partial charge < -0.3 is 0 Å². The van der Waals surface area contributed by atoms with Gasteiger partial charge in [-0.3, -0.25) is 4.79 Å². The minimum atomic E-state index is 0.179. The molecule has 0 radical (unpaired) electrons. The molecule has 1 aromatic rings. The largest absolute Gasteiger partial charge is 0.294 e. The van der Waals surface area contributed by atoms with E-state index in [-0.39, 0.29) is 5.78 Å². The maximum atomic E-state index is 10.9. The van der Waals surface area contributed by atoms with Gasteiger partial charge in [0.25, 0.3) is 0 Å². The number of hydrogen-bond donors (Lipinski definition) is 0. The van der Waals surface area contributed by atoms with Crippen molar-refractivity contribution in [3.05, 3.63) is 21.4 Å². The van der Waals surface area contributed by atoms with E-state index in [1.54, 1.807) is 18.3 Å². The fourth-order valence-corrected chi connectivity index (χ4v) is 2.05. The van der Waals surface area contributed by atoms with Gasteiger partial charge in [0.1, 0.15) is 0 Å². The van der Waals surface area contributed by atoms with Crippen molar-refractivity contribution in [2.24, 2.45) is 0 Å². The molecule has 0 aromatic carbocycles. The van der Waals surface area contributed by atoms with Crippen molar-refractivity contribution >= 4 is 17.1 Å². The number of thiophene rings is 1. The third kappa shape index (κ3) is 1.69. The molecule has 11 heavy (non-hydrogen) atoms. The molecule has 0 spiro atoms. The van der Waals surface area contributed by atoms with Crippen LogP contribution in [0, 0.1) is 6.92 Å². The fourth-order valence-electron chi connectivity index (χ4n) is 1.04. The van der Waals surface area contributed by atoms with Crippen molar-refractivity contribution < 1.29 is 4.79 Å². The van der Waals surface area contributed by atoms with Gasteiger partial charge in [-0.2, -0.15) is 0 Å². The summed E-state index contributed by atoms with van der Waals surface area (Å²) >= 11 is 1.60. The summed E-state index contributed by atoms with van der Waals surface area (Å²) in [6, 6.07) is 2.00. The molecule has 0 atom stereocenters. The highest BCUT2D eigenvalue weighted by Crippen LogP contribution is 2.21. The summed E-state index contributed by atoms with van der Waals surface area (Å²) in [6.07, 6.45) is 1.02. The molecule has 0 fully saturated rings. The van der Waals surface area contributed by atoms with E-state index in [2.05, 4.69) is 13.8 Å². The van der Waals surface area contributed by atoms with E-state index in [9.17, 15) is 4.79 Å². The standard InChI is InChI=1S/C9H12OS/c1-4-8-5-9(6(2)10)11-7(8)3/h5H,4H2,1-3H3. The Morgan fingerprint density at radius 1 is 1.64 bits per heavy atom. The fraction of sp³-hybridized carbons (Fsp3) is 0.444. The predicted molar refractivity (Wildman–Crippen MR) is 48.4 cm³/mol. The summed E-state index contributed by atoms with van der Waals surface area (Å²) in [5.41, 5.74) is 1.31. The van der Waals surface area contributed by atoms with Crippen molar-refractivity contribution in [2.45, 2.75) is 27.2 Å². The number of rotatable bonds is 2. The van der Waals surface area contributed by atoms with Gasteiger partial charge in [-0.05, 0) is 31.9 Å². The Kier molecular flexibility index (Phi) is 2.45. The number of Topliss-reactive ketones (excluding diaryl/α,β-unsaturated/α-hetero) is 1. The Morgan fingerprint density at radius 3 is 2.55 bits per heavy atom. The Morgan fingerprint density at radius 2 is 2.27 bits per heavy atom. The van der Waals surface area contributed by atoms with E-state index in [0.717, 1.165) is 11.3 Å². The van der Waals surface area contributed by atoms with E-state index < -0.39 is 0 Å². The second-order valence-corrected chi connectivity index (χ2v) is 3.86. The summed E-state index contributed by atoms with van der Waals surface area (Å²) in [5, 5.41) is 0. The number of hydrogen-bond acceptors (Lipinski definition) is 2. The molecule has 1 aromatic heterocycles. The summed E-state index contributed by atoms with van der Waals surface area (Å²) in [5.74, 6) is 0.179. The lowest BCUT2D eigenvalue weighted by molar-refractivity contribution is 0.102. The van der Waals surface area contributed by atoms with Gasteiger partial charge in [0.2, 0.25) is 0 Å². The molecule has 0 unspecified atom stereocenters. The molecule has 60 valence electrons. The van der Waals surface area contributed by atoms with Crippen LogP contribution in [0.15, 0.2) is 6.07 Å². The molecular formula is C9H12OS. The van der Waals surface area contributed by atoms with E-state index in [1.807, 2.05) is 6.07 Å². The van der Waals surface area contributed by atoms with Crippen LogP contribution in [0.25, 0.3) is 0 Å². The van der Waals surface area contributed by atoms with Crippen LogP contribution in [0.2, 0.25) is 0 Å². The average molecular weight is 168 g/mol. The highest BCUT2D eigenvalue weighted by Gasteiger charge is 2.06. The van der Waals surface area contributed by atoms with Gasteiger partial charge in [0.15, 0.2) is 5.78 Å². The number of ketones is 1. The van der Waals surface area contributed by atoms with Gasteiger partial charge in [-0.15, -0.1) is 11.3 Å². The first-order valence-corrected chi connectivity index (χ1v) is 4.57. The number of aryl methyl sites for hydroxylation is 2. The van der Waals surface area contributed by atoms with Gasteiger partial charge in [-0.25, -0.2) is 0 Å². The number of carbonyl (C=O) groups is 1. The summed E-state index contributed by atoms with van der Waals surface area (Å²) in [6.45, 7) is 5.79. The molecule has 0 saturated heterocycles. The molecule has 0 bridgehead atoms. The monoisotopic (exact) mass is 168 g/mol. The predicted octanol–water partition coefficient (Wildman–Crippen LogP) is 2.82. The molecule has 1 rings (SSSR count). The summed E-state index contributed by atoms with van der Waals surface area (Å²) in [7, 11) is 0. The van der Waals surface area contributed by atoms with Crippen LogP contribution in [0.3, 0.4) is 0 Å². The minimum Gasteiger partial charge on any atom is -0.294 e. The maximum Gasteiger partial charge on any atom is 0.169 e. The quantitative estimate of drug-likeness (QED) is 0.620. The topological polar surface area (TPSA) is 17.1 Å². The first-order chi connectivity index (χ1) is 5.15. The van der Waals surface area contributed by atoms with Crippen LogP contribution in [0.1, 0.15) is 34.0 Å². The third-order valence-corrected chi connectivity index (χ3v) is 2.94. The van der Waals surface area contributed by atoms with Gasteiger partial charge in [0, 0.05) is 4.88 Å². The second kappa shape index (κ2) is 3.18. The van der Waals surface area contributed by atoms with Crippen molar-refractivity contribution in [1.29, 1.82) is 0 Å². The van der Waals surface area contributed by atoms with E-state index in [0.29, 0.717) is 0 Å². The van der Waals surface area contributed by atoms with Crippen LogP contribution < -0.4 is 0 Å². The Bertz CT molecular complexity index is 273. The molecule has 0 saturated carbocycles. The first-order valence-electron chi connectivity index (χ1n) is 3.75. The van der Waals surface area contributed by atoms with Gasteiger partial charge in [-0.1, -0.05) is 6.92 Å². The Labute approximate surface area is 71.1 Å². The van der Waals surface area contributed by atoms with Crippen molar-refractivity contribution in [3.63, 3.8) is 0 Å². The molecule has 0 N–H and O–H groups in total. The minimum absolute atomic E-state index is 0.179. The van der Waals surface area contributed by atoms with Crippen molar-refractivity contribution in [1.82, 2.24) is 0 Å². The molecule has 2 heteroatoms. The van der Waals surface area contributed by atoms with Gasteiger partial charge >= 0.3 is 0 Å². The smallest absolute Gasteiger partial charge is 0.169 e. The average Bonchev–Trinajstić information content (AvgIpc) is 2.31.